The number of benzene rings is 1. The fraction of sp³-hybridized carbons (Fsp3) is 0.267. The molecular formula is C15H15FN2S. The van der Waals surface area contributed by atoms with Crippen molar-refractivity contribution in [3.8, 4) is 6.07 Å². The smallest absolute Gasteiger partial charge is 0.145 e. The summed E-state index contributed by atoms with van der Waals surface area (Å²) in [6.07, 6.45) is 0.920. The molecule has 1 heterocycles. The monoisotopic (exact) mass is 274 g/mol. The molecule has 0 amide bonds. The molecule has 0 aliphatic heterocycles. The molecule has 2 nitrogen and oxygen atoms in total. The maximum Gasteiger partial charge on any atom is 0.145 e. The van der Waals surface area contributed by atoms with Crippen molar-refractivity contribution in [2.24, 2.45) is 0 Å². The lowest BCUT2D eigenvalue weighted by molar-refractivity contribution is 0.525. The summed E-state index contributed by atoms with van der Waals surface area (Å²) in [5, 5.41) is 16.2. The number of nitriles is 1. The summed E-state index contributed by atoms with van der Waals surface area (Å²) in [6.45, 7) is 2.51. The number of hydrogen-bond donors (Lipinski definition) is 1. The van der Waals surface area contributed by atoms with Gasteiger partial charge in [-0.2, -0.15) is 16.6 Å². The van der Waals surface area contributed by atoms with Gasteiger partial charge in [0.15, 0.2) is 0 Å². The first kappa shape index (κ1) is 13.7. The van der Waals surface area contributed by atoms with Crippen molar-refractivity contribution >= 4 is 11.3 Å². The van der Waals surface area contributed by atoms with Crippen molar-refractivity contribution in [3.63, 3.8) is 0 Å². The van der Waals surface area contributed by atoms with Crippen LogP contribution in [0.4, 0.5) is 4.39 Å². The molecule has 98 valence electrons. The van der Waals surface area contributed by atoms with Crippen molar-refractivity contribution in [3.05, 3.63) is 57.5 Å². The Balaban J connectivity index is 1.94. The van der Waals surface area contributed by atoms with Gasteiger partial charge in [0.05, 0.1) is 5.56 Å². The second-order valence-corrected chi connectivity index (χ2v) is 5.29. The van der Waals surface area contributed by atoms with Crippen LogP contribution >= 0.6 is 11.3 Å². The molecule has 0 aliphatic rings. The summed E-state index contributed by atoms with van der Waals surface area (Å²) < 4.78 is 13.8. The minimum absolute atomic E-state index is 0.102. The van der Waals surface area contributed by atoms with E-state index in [1.165, 1.54) is 11.6 Å². The lowest BCUT2D eigenvalue weighted by Gasteiger charge is -2.13. The largest absolute Gasteiger partial charge is 0.310 e. The molecule has 2 aromatic rings. The Morgan fingerprint density at radius 2 is 2.26 bits per heavy atom. The van der Waals surface area contributed by atoms with E-state index in [4.69, 9.17) is 5.26 Å². The summed E-state index contributed by atoms with van der Waals surface area (Å²) in [5.41, 5.74) is 1.93. The van der Waals surface area contributed by atoms with E-state index >= 15 is 0 Å². The van der Waals surface area contributed by atoms with Crippen molar-refractivity contribution in [1.82, 2.24) is 5.32 Å². The van der Waals surface area contributed by atoms with Crippen molar-refractivity contribution < 1.29 is 4.39 Å². The van der Waals surface area contributed by atoms with Crippen LogP contribution in [0.25, 0.3) is 0 Å². The minimum atomic E-state index is -0.416. The van der Waals surface area contributed by atoms with Gasteiger partial charge in [-0.3, -0.25) is 0 Å². The van der Waals surface area contributed by atoms with Gasteiger partial charge in [-0.1, -0.05) is 12.1 Å². The summed E-state index contributed by atoms with van der Waals surface area (Å²) in [7, 11) is 0. The van der Waals surface area contributed by atoms with Crippen LogP contribution in [0.3, 0.4) is 0 Å². The zero-order valence-corrected chi connectivity index (χ0v) is 11.5. The first-order chi connectivity index (χ1) is 9.20. The molecule has 0 saturated heterocycles. The van der Waals surface area contributed by atoms with Gasteiger partial charge in [-0.25, -0.2) is 4.39 Å². The van der Waals surface area contributed by atoms with Gasteiger partial charge in [-0.05, 0) is 41.8 Å². The number of nitrogens with one attached hydrogen (secondary N) is 1. The van der Waals surface area contributed by atoms with Gasteiger partial charge >= 0.3 is 0 Å². The topological polar surface area (TPSA) is 35.8 Å². The van der Waals surface area contributed by atoms with E-state index in [2.05, 4.69) is 29.1 Å². The molecule has 0 radical (unpaired) electrons. The molecule has 0 spiro atoms. The molecular weight excluding hydrogens is 259 g/mol. The highest BCUT2D eigenvalue weighted by Gasteiger charge is 2.09. The van der Waals surface area contributed by atoms with E-state index < -0.39 is 5.82 Å². The number of rotatable bonds is 5. The first-order valence-corrected chi connectivity index (χ1v) is 7.07. The van der Waals surface area contributed by atoms with Gasteiger partial charge in [-0.15, -0.1) is 0 Å². The second kappa shape index (κ2) is 6.46. The highest BCUT2D eigenvalue weighted by Crippen LogP contribution is 2.13. The quantitative estimate of drug-likeness (QED) is 0.906. The molecule has 1 aromatic heterocycles. The summed E-state index contributed by atoms with van der Waals surface area (Å²) in [4.78, 5) is 0. The summed E-state index contributed by atoms with van der Waals surface area (Å²) >= 11 is 1.68. The molecule has 1 unspecified atom stereocenters. The summed E-state index contributed by atoms with van der Waals surface area (Å²) in [5.74, 6) is -0.416. The molecule has 1 atom stereocenters. The fourth-order valence-electron chi connectivity index (χ4n) is 1.92. The fourth-order valence-corrected chi connectivity index (χ4v) is 2.60. The van der Waals surface area contributed by atoms with Crippen LogP contribution in [-0.4, -0.2) is 6.04 Å². The van der Waals surface area contributed by atoms with E-state index in [0.717, 1.165) is 6.42 Å². The Labute approximate surface area is 116 Å². The van der Waals surface area contributed by atoms with E-state index in [1.807, 2.05) is 6.07 Å². The second-order valence-electron chi connectivity index (χ2n) is 4.51. The Morgan fingerprint density at radius 3 is 2.95 bits per heavy atom. The van der Waals surface area contributed by atoms with Crippen LogP contribution in [0.5, 0.6) is 0 Å². The number of thiophene rings is 1. The molecule has 19 heavy (non-hydrogen) atoms. The number of nitrogens with zero attached hydrogens (tertiary/aromatic N) is 1. The lowest BCUT2D eigenvalue weighted by atomic mass is 10.1. The van der Waals surface area contributed by atoms with E-state index in [0.29, 0.717) is 12.1 Å². The zero-order valence-electron chi connectivity index (χ0n) is 10.7. The van der Waals surface area contributed by atoms with E-state index in [-0.39, 0.29) is 11.6 Å². The normalized spacial score (nSPS) is 12.1. The van der Waals surface area contributed by atoms with Gasteiger partial charge in [0.25, 0.3) is 0 Å². The third-order valence-corrected chi connectivity index (χ3v) is 3.69. The predicted octanol–water partition coefficient (Wildman–Crippen LogP) is 3.48. The molecule has 0 bridgehead atoms. The minimum Gasteiger partial charge on any atom is -0.310 e. The maximum absolute atomic E-state index is 13.8. The lowest BCUT2D eigenvalue weighted by Crippen LogP contribution is -2.27. The molecule has 2 rings (SSSR count). The number of hydrogen-bond acceptors (Lipinski definition) is 3. The zero-order chi connectivity index (χ0) is 13.7. The average Bonchev–Trinajstić information content (AvgIpc) is 2.90. The third kappa shape index (κ3) is 3.63. The highest BCUT2D eigenvalue weighted by molar-refractivity contribution is 7.07. The van der Waals surface area contributed by atoms with Gasteiger partial charge < -0.3 is 5.32 Å². The van der Waals surface area contributed by atoms with Gasteiger partial charge in [0.2, 0.25) is 0 Å². The van der Waals surface area contributed by atoms with E-state index in [9.17, 15) is 4.39 Å². The number of halogens is 1. The maximum atomic E-state index is 13.8. The van der Waals surface area contributed by atoms with Crippen LogP contribution in [0.15, 0.2) is 35.0 Å². The van der Waals surface area contributed by atoms with Crippen molar-refractivity contribution in [1.29, 1.82) is 5.26 Å². The van der Waals surface area contributed by atoms with Gasteiger partial charge in [0, 0.05) is 18.2 Å². The molecule has 4 heteroatoms. The molecule has 1 N–H and O–H groups in total. The molecule has 0 aliphatic carbocycles. The Bertz CT molecular complexity index is 572. The van der Waals surface area contributed by atoms with Crippen LogP contribution < -0.4 is 5.32 Å². The Morgan fingerprint density at radius 1 is 1.42 bits per heavy atom. The average molecular weight is 274 g/mol. The van der Waals surface area contributed by atoms with Crippen LogP contribution in [0, 0.1) is 17.1 Å². The third-order valence-electron chi connectivity index (χ3n) is 2.96. The first-order valence-electron chi connectivity index (χ1n) is 6.12. The highest BCUT2D eigenvalue weighted by atomic mass is 32.1. The van der Waals surface area contributed by atoms with Crippen LogP contribution in [0.2, 0.25) is 0 Å². The standard InChI is InChI=1S/C15H15FN2S/c1-11(7-12-5-6-19-10-12)18-9-14-4-2-3-13(8-17)15(14)16/h2-6,10-11,18H,7,9H2,1H3. The molecule has 0 saturated carbocycles. The molecule has 1 aromatic carbocycles. The summed E-state index contributed by atoms with van der Waals surface area (Å²) in [6, 6.07) is 9.13. The Kier molecular flexibility index (Phi) is 4.67. The molecule has 0 fully saturated rings. The van der Waals surface area contributed by atoms with Crippen molar-refractivity contribution in [2.75, 3.05) is 0 Å². The van der Waals surface area contributed by atoms with E-state index in [1.54, 1.807) is 23.5 Å². The van der Waals surface area contributed by atoms with Crippen LogP contribution in [-0.2, 0) is 13.0 Å². The Hall–Kier alpha value is -1.70. The van der Waals surface area contributed by atoms with Crippen LogP contribution in [0.1, 0.15) is 23.6 Å². The van der Waals surface area contributed by atoms with Gasteiger partial charge in [0.1, 0.15) is 11.9 Å². The SMILES string of the molecule is CC(Cc1ccsc1)NCc1cccc(C#N)c1F. The van der Waals surface area contributed by atoms with Crippen molar-refractivity contribution in [2.45, 2.75) is 25.9 Å². The predicted molar refractivity (Wildman–Crippen MR) is 75.4 cm³/mol.